The van der Waals surface area contributed by atoms with Crippen LogP contribution in [0.2, 0.25) is 5.02 Å². The molecule has 0 fully saturated rings. The van der Waals surface area contributed by atoms with Crippen molar-refractivity contribution in [2.75, 3.05) is 25.6 Å². The Morgan fingerprint density at radius 1 is 1.11 bits per heavy atom. The quantitative estimate of drug-likeness (QED) is 0.562. The van der Waals surface area contributed by atoms with E-state index in [1.807, 2.05) is 0 Å². The summed E-state index contributed by atoms with van der Waals surface area (Å²) in [7, 11) is -2.22. The molecule has 0 atom stereocenters. The second-order valence-corrected chi connectivity index (χ2v) is 8.05. The van der Waals surface area contributed by atoms with Gasteiger partial charge in [-0.05, 0) is 42.8 Å². The van der Waals surface area contributed by atoms with Gasteiger partial charge in [-0.3, -0.25) is 0 Å². The fourth-order valence-electron chi connectivity index (χ4n) is 2.45. The molecule has 6 nitrogen and oxygen atoms in total. The van der Waals surface area contributed by atoms with Crippen LogP contribution in [0.25, 0.3) is 11.5 Å². The highest BCUT2D eigenvalue weighted by Gasteiger charge is 2.28. The third-order valence-electron chi connectivity index (χ3n) is 3.81. The Hall–Kier alpha value is -2.35. The van der Waals surface area contributed by atoms with E-state index in [1.54, 1.807) is 49.6 Å². The molecule has 0 aliphatic rings. The number of rotatable bonds is 8. The van der Waals surface area contributed by atoms with E-state index in [0.717, 1.165) is 0 Å². The highest BCUT2D eigenvalue weighted by atomic mass is 35.5. The zero-order chi connectivity index (χ0) is 19.3. The van der Waals surface area contributed by atoms with Gasteiger partial charge >= 0.3 is 0 Å². The van der Waals surface area contributed by atoms with Crippen LogP contribution >= 0.6 is 11.6 Å². The van der Waals surface area contributed by atoms with Gasteiger partial charge in [0.15, 0.2) is 0 Å². The topological polar surface area (TPSA) is 81.4 Å². The number of methoxy groups -OCH3 is 1. The fourth-order valence-corrected chi connectivity index (χ4v) is 3.87. The van der Waals surface area contributed by atoms with Gasteiger partial charge in [-0.2, -0.15) is 4.98 Å². The first-order valence-electron chi connectivity index (χ1n) is 8.32. The van der Waals surface area contributed by atoms with Crippen molar-refractivity contribution in [1.82, 2.24) is 4.98 Å². The highest BCUT2D eigenvalue weighted by Crippen LogP contribution is 2.32. The van der Waals surface area contributed by atoms with Crippen LogP contribution < -0.4 is 5.32 Å². The molecule has 3 rings (SSSR count). The molecule has 8 heteroatoms. The second kappa shape index (κ2) is 8.56. The van der Waals surface area contributed by atoms with Crippen LogP contribution in [0.1, 0.15) is 6.42 Å². The van der Waals surface area contributed by atoms with Crippen molar-refractivity contribution in [2.45, 2.75) is 16.3 Å². The van der Waals surface area contributed by atoms with E-state index in [0.29, 0.717) is 30.2 Å². The molecule has 3 aromatic rings. The minimum absolute atomic E-state index is 0.111. The molecular weight excluding hydrogens is 388 g/mol. The van der Waals surface area contributed by atoms with Crippen molar-refractivity contribution >= 4 is 27.3 Å². The Bertz CT molecular complexity index is 986. The SMILES string of the molecule is COCCCNc1oc(-c2ccc(Cl)cc2)nc1S(=O)(=O)c1ccccc1. The maximum Gasteiger partial charge on any atom is 0.233 e. The molecule has 1 N–H and O–H groups in total. The summed E-state index contributed by atoms with van der Waals surface area (Å²) in [6.45, 7) is 1.03. The van der Waals surface area contributed by atoms with E-state index in [9.17, 15) is 8.42 Å². The van der Waals surface area contributed by atoms with E-state index < -0.39 is 9.84 Å². The molecule has 1 aromatic heterocycles. The number of sulfone groups is 1. The van der Waals surface area contributed by atoms with E-state index >= 15 is 0 Å². The molecule has 0 saturated heterocycles. The van der Waals surface area contributed by atoms with Crippen LogP contribution in [0.4, 0.5) is 5.88 Å². The molecular formula is C19H19ClN2O4S. The number of anilines is 1. The van der Waals surface area contributed by atoms with Crippen LogP contribution in [0.15, 0.2) is 68.9 Å². The number of aromatic nitrogens is 1. The summed E-state index contributed by atoms with van der Waals surface area (Å²) in [5, 5.41) is 3.44. The van der Waals surface area contributed by atoms with Crippen LogP contribution in [0, 0.1) is 0 Å². The summed E-state index contributed by atoms with van der Waals surface area (Å²) in [6.07, 6.45) is 0.693. The number of ether oxygens (including phenoxy) is 1. The summed E-state index contributed by atoms with van der Waals surface area (Å²) >= 11 is 5.92. The number of nitrogens with zero attached hydrogens (tertiary/aromatic N) is 1. The summed E-state index contributed by atoms with van der Waals surface area (Å²) in [5.41, 5.74) is 0.633. The van der Waals surface area contributed by atoms with Gasteiger partial charge in [0.25, 0.3) is 0 Å². The Labute approximate surface area is 163 Å². The van der Waals surface area contributed by atoms with Crippen LogP contribution in [0.3, 0.4) is 0 Å². The largest absolute Gasteiger partial charge is 0.419 e. The lowest BCUT2D eigenvalue weighted by molar-refractivity contribution is 0.197. The first-order valence-corrected chi connectivity index (χ1v) is 10.2. The van der Waals surface area contributed by atoms with Gasteiger partial charge < -0.3 is 14.5 Å². The van der Waals surface area contributed by atoms with Crippen molar-refractivity contribution in [3.05, 3.63) is 59.6 Å². The lowest BCUT2D eigenvalue weighted by atomic mass is 10.2. The molecule has 1 heterocycles. The molecule has 0 aliphatic carbocycles. The first-order chi connectivity index (χ1) is 13.0. The van der Waals surface area contributed by atoms with Gasteiger partial charge in [0.1, 0.15) is 0 Å². The molecule has 0 radical (unpaired) electrons. The van der Waals surface area contributed by atoms with Crippen LogP contribution in [-0.4, -0.2) is 33.7 Å². The maximum absolute atomic E-state index is 13.0. The highest BCUT2D eigenvalue weighted by molar-refractivity contribution is 7.91. The normalized spacial score (nSPS) is 11.5. The minimum atomic E-state index is -3.83. The number of nitrogens with one attached hydrogen (secondary N) is 1. The summed E-state index contributed by atoms with van der Waals surface area (Å²) in [4.78, 5) is 4.42. The molecule has 0 unspecified atom stereocenters. The summed E-state index contributed by atoms with van der Waals surface area (Å²) < 4.78 is 36.8. The number of hydrogen-bond donors (Lipinski definition) is 1. The van der Waals surface area contributed by atoms with Gasteiger partial charge in [-0.1, -0.05) is 29.8 Å². The smallest absolute Gasteiger partial charge is 0.233 e. The average molecular weight is 407 g/mol. The predicted octanol–water partition coefficient (Wildman–Crippen LogP) is 4.28. The first kappa shape index (κ1) is 19.4. The minimum Gasteiger partial charge on any atom is -0.419 e. The molecule has 0 aliphatic heterocycles. The summed E-state index contributed by atoms with van der Waals surface area (Å²) in [6, 6.07) is 15.0. The summed E-state index contributed by atoms with van der Waals surface area (Å²) in [5.74, 6) is 0.315. The fraction of sp³-hybridized carbons (Fsp3) is 0.211. The van der Waals surface area contributed by atoms with Crippen molar-refractivity contribution in [2.24, 2.45) is 0 Å². The molecule has 2 aromatic carbocycles. The number of hydrogen-bond acceptors (Lipinski definition) is 6. The number of oxazole rings is 1. The van der Waals surface area contributed by atoms with E-state index in [1.165, 1.54) is 12.1 Å². The molecule has 0 bridgehead atoms. The van der Waals surface area contributed by atoms with E-state index in [2.05, 4.69) is 10.3 Å². The number of halogens is 1. The van der Waals surface area contributed by atoms with Gasteiger partial charge in [-0.25, -0.2) is 8.42 Å². The van der Waals surface area contributed by atoms with Gasteiger partial charge in [0.2, 0.25) is 26.6 Å². The van der Waals surface area contributed by atoms with Crippen molar-refractivity contribution in [1.29, 1.82) is 0 Å². The van der Waals surface area contributed by atoms with E-state index in [4.69, 9.17) is 20.8 Å². The molecule has 0 spiro atoms. The lowest BCUT2D eigenvalue weighted by Crippen LogP contribution is -2.09. The van der Waals surface area contributed by atoms with Gasteiger partial charge in [0, 0.05) is 30.8 Å². The maximum atomic E-state index is 13.0. The molecule has 142 valence electrons. The molecule has 0 saturated carbocycles. The van der Waals surface area contributed by atoms with Crippen molar-refractivity contribution in [3.63, 3.8) is 0 Å². The second-order valence-electron chi connectivity index (χ2n) is 5.75. The zero-order valence-electron chi connectivity index (χ0n) is 14.7. The number of benzene rings is 2. The van der Waals surface area contributed by atoms with Crippen LogP contribution in [-0.2, 0) is 14.6 Å². The third kappa shape index (κ3) is 4.50. The monoisotopic (exact) mass is 406 g/mol. The van der Waals surface area contributed by atoms with Crippen molar-refractivity contribution < 1.29 is 17.6 Å². The van der Waals surface area contributed by atoms with Crippen LogP contribution in [0.5, 0.6) is 0 Å². The van der Waals surface area contributed by atoms with Crippen molar-refractivity contribution in [3.8, 4) is 11.5 Å². The van der Waals surface area contributed by atoms with Gasteiger partial charge in [-0.15, -0.1) is 0 Å². The van der Waals surface area contributed by atoms with E-state index in [-0.39, 0.29) is 21.7 Å². The zero-order valence-corrected chi connectivity index (χ0v) is 16.3. The third-order valence-corrected chi connectivity index (χ3v) is 5.74. The van der Waals surface area contributed by atoms with Gasteiger partial charge in [0.05, 0.1) is 4.90 Å². The molecule has 27 heavy (non-hydrogen) atoms. The lowest BCUT2D eigenvalue weighted by Gasteiger charge is -2.05. The Kier molecular flexibility index (Phi) is 6.15. The molecule has 0 amide bonds. The Balaban J connectivity index is 2.01. The Morgan fingerprint density at radius 3 is 2.48 bits per heavy atom. The predicted molar refractivity (Wildman–Crippen MR) is 104 cm³/mol. The standard InChI is InChI=1S/C19H19ClN2O4S/c1-25-13-5-12-21-18-19(27(23,24)16-6-3-2-4-7-16)22-17(26-18)14-8-10-15(20)11-9-14/h2-4,6-11,21H,5,12-13H2,1H3. The Morgan fingerprint density at radius 2 is 1.81 bits per heavy atom. The average Bonchev–Trinajstić information content (AvgIpc) is 3.11.